The number of ketones is 1. The van der Waals surface area contributed by atoms with E-state index in [9.17, 15) is 19.2 Å². The molecule has 42 heavy (non-hydrogen) atoms. The Hall–Kier alpha value is -3.87. The van der Waals surface area contributed by atoms with Gasteiger partial charge in [0.2, 0.25) is 23.5 Å². The van der Waals surface area contributed by atoms with Crippen LogP contribution >= 0.6 is 11.8 Å². The predicted octanol–water partition coefficient (Wildman–Crippen LogP) is 2.23. The van der Waals surface area contributed by atoms with Gasteiger partial charge in [0.15, 0.2) is 0 Å². The zero-order valence-electron chi connectivity index (χ0n) is 23.6. The number of nitrogens with two attached hydrogens (primary N) is 1. The van der Waals surface area contributed by atoms with Crippen molar-refractivity contribution < 1.29 is 23.9 Å². The summed E-state index contributed by atoms with van der Waals surface area (Å²) in [6.07, 6.45) is 7.08. The van der Waals surface area contributed by atoms with E-state index in [-0.39, 0.29) is 42.9 Å². The Morgan fingerprint density at radius 3 is 2.57 bits per heavy atom. The van der Waals surface area contributed by atoms with E-state index in [4.69, 9.17) is 10.5 Å². The number of nitrogen functional groups attached to an aromatic ring is 1. The largest absolute Gasteiger partial charge is 0.473 e. The van der Waals surface area contributed by atoms with E-state index in [0.29, 0.717) is 37.1 Å². The van der Waals surface area contributed by atoms with Crippen LogP contribution in [0.4, 0.5) is 10.7 Å². The summed E-state index contributed by atoms with van der Waals surface area (Å²) in [6, 6.07) is 9.48. The minimum Gasteiger partial charge on any atom is -0.473 e. The number of nitrogens with zero attached hydrogens (tertiary/aromatic N) is 2. The maximum Gasteiger partial charge on any atom is 0.315 e. The normalized spacial score (nSPS) is 19.0. The summed E-state index contributed by atoms with van der Waals surface area (Å²) in [4.78, 5) is 55.7. The molecule has 3 heterocycles. The fraction of sp³-hybridized carbons (Fsp3) is 0.517. The van der Waals surface area contributed by atoms with E-state index >= 15 is 0 Å². The molecule has 2 aromatic rings. The summed E-state index contributed by atoms with van der Waals surface area (Å²) in [5.74, 6) is 0.493. The molecule has 3 atom stereocenters. The van der Waals surface area contributed by atoms with Crippen LogP contribution in [-0.2, 0) is 27.5 Å². The van der Waals surface area contributed by atoms with Crippen molar-refractivity contribution in [1.82, 2.24) is 31.2 Å². The lowest BCUT2D eigenvalue weighted by atomic mass is 10.0. The maximum atomic E-state index is 12.2. The smallest absolute Gasteiger partial charge is 0.315 e. The van der Waals surface area contributed by atoms with Crippen molar-refractivity contribution in [1.29, 1.82) is 0 Å². The van der Waals surface area contributed by atoms with E-state index in [0.717, 1.165) is 49.0 Å². The van der Waals surface area contributed by atoms with E-state index < -0.39 is 11.7 Å². The predicted molar refractivity (Wildman–Crippen MR) is 160 cm³/mol. The lowest BCUT2D eigenvalue weighted by molar-refractivity contribution is -0.138. The number of hydrogen-bond donors (Lipinski definition) is 5. The first-order valence-corrected chi connectivity index (χ1v) is 15.5. The van der Waals surface area contributed by atoms with Crippen molar-refractivity contribution in [2.24, 2.45) is 0 Å². The molecule has 0 spiro atoms. The summed E-state index contributed by atoms with van der Waals surface area (Å²) in [5, 5.41) is 12.0. The van der Waals surface area contributed by atoms with Gasteiger partial charge < -0.3 is 31.7 Å². The number of thioether (sulfide) groups is 1. The second kappa shape index (κ2) is 15.9. The van der Waals surface area contributed by atoms with Gasteiger partial charge in [-0.2, -0.15) is 16.7 Å². The third-order valence-corrected chi connectivity index (χ3v) is 8.76. The minimum atomic E-state index is -0.588. The second-order valence-corrected chi connectivity index (χ2v) is 11.8. The molecule has 2 saturated heterocycles. The molecule has 2 aliphatic heterocycles. The topological polar surface area (TPSA) is 177 Å². The summed E-state index contributed by atoms with van der Waals surface area (Å²) in [7, 11) is 0. The van der Waals surface area contributed by atoms with E-state index in [1.54, 1.807) is 6.07 Å². The molecule has 13 heteroatoms. The molecule has 2 fully saturated rings. The van der Waals surface area contributed by atoms with Crippen LogP contribution in [0.15, 0.2) is 36.5 Å². The number of ether oxygens (including phenoxy) is 1. The lowest BCUT2D eigenvalue weighted by Gasteiger charge is -2.16. The van der Waals surface area contributed by atoms with Crippen molar-refractivity contribution >= 4 is 41.3 Å². The fourth-order valence-corrected chi connectivity index (χ4v) is 6.46. The Labute approximate surface area is 249 Å². The number of amides is 4. The third-order valence-electron chi connectivity index (χ3n) is 7.25. The number of carbonyl (C=O) groups excluding carboxylic acids is 4. The van der Waals surface area contributed by atoms with Gasteiger partial charge in [0.1, 0.15) is 6.61 Å². The van der Waals surface area contributed by atoms with E-state index in [1.165, 1.54) is 6.20 Å². The highest BCUT2D eigenvalue weighted by molar-refractivity contribution is 8.00. The Morgan fingerprint density at radius 2 is 1.76 bits per heavy atom. The first-order valence-electron chi connectivity index (χ1n) is 14.4. The van der Waals surface area contributed by atoms with Gasteiger partial charge in [0, 0.05) is 49.2 Å². The lowest BCUT2D eigenvalue weighted by Crippen LogP contribution is -2.36. The van der Waals surface area contributed by atoms with Gasteiger partial charge >= 0.3 is 6.03 Å². The Morgan fingerprint density at radius 1 is 0.976 bits per heavy atom. The van der Waals surface area contributed by atoms with E-state index in [1.807, 2.05) is 36.0 Å². The molecule has 226 valence electrons. The summed E-state index contributed by atoms with van der Waals surface area (Å²) < 4.78 is 5.59. The van der Waals surface area contributed by atoms with Crippen LogP contribution in [0.5, 0.6) is 5.88 Å². The molecule has 0 unspecified atom stereocenters. The number of Topliss-reactive ketones (excluding diaryl/α,β-unsaturated/α-hetero) is 1. The molecule has 0 bridgehead atoms. The highest BCUT2D eigenvalue weighted by Gasteiger charge is 2.42. The number of unbranched alkanes of at least 4 members (excludes halogenated alkanes) is 3. The van der Waals surface area contributed by atoms with Gasteiger partial charge in [-0.05, 0) is 36.8 Å². The molecule has 0 saturated carbocycles. The van der Waals surface area contributed by atoms with Gasteiger partial charge in [-0.1, -0.05) is 37.1 Å². The van der Waals surface area contributed by atoms with Crippen LogP contribution in [0.1, 0.15) is 62.5 Å². The average molecular weight is 598 g/mol. The summed E-state index contributed by atoms with van der Waals surface area (Å²) in [5.41, 5.74) is 7.33. The molecule has 0 radical (unpaired) electrons. The van der Waals surface area contributed by atoms with Crippen molar-refractivity contribution in [2.75, 3.05) is 18.0 Å². The molecule has 1 aromatic carbocycles. The Bertz CT molecular complexity index is 1230. The van der Waals surface area contributed by atoms with Crippen LogP contribution in [0.3, 0.4) is 0 Å². The van der Waals surface area contributed by atoms with Gasteiger partial charge in [-0.25, -0.2) is 9.78 Å². The molecule has 6 N–H and O–H groups in total. The Balaban J connectivity index is 0.984. The zero-order valence-corrected chi connectivity index (χ0v) is 24.4. The molecule has 12 nitrogen and oxygen atoms in total. The first-order chi connectivity index (χ1) is 20.4. The average Bonchev–Trinajstić information content (AvgIpc) is 3.54. The third kappa shape index (κ3) is 9.89. The molecular weight excluding hydrogens is 558 g/mol. The standard InChI is InChI=1S/C29H39N7O5S/c30-28-32-15-13-25(35-28)41-17-20-11-9-19(10-12-20)16-33-27(39)22(37)6-2-1-5-14-31-24(38)8-4-3-7-23-26-21(18-42-23)34-29(40)36-26/h9-13,15,21,23,26H,1-8,14,16-18H2,(H,31,38)(H,33,39)(H2,30,32,35)(H2,34,36,40)/t21-,23-,26-/m0/s1. The zero-order chi connectivity index (χ0) is 29.7. The molecule has 4 amide bonds. The minimum absolute atomic E-state index is 0.0368. The highest BCUT2D eigenvalue weighted by atomic mass is 32.2. The number of aromatic nitrogens is 2. The molecule has 0 aliphatic carbocycles. The van der Waals surface area contributed by atoms with Gasteiger partial charge in [0.25, 0.3) is 5.91 Å². The molecular formula is C29H39N7O5S. The molecule has 4 rings (SSSR count). The van der Waals surface area contributed by atoms with Crippen LogP contribution in [0, 0.1) is 0 Å². The maximum absolute atomic E-state index is 12.2. The number of hydrogen-bond acceptors (Lipinski definition) is 9. The van der Waals surface area contributed by atoms with Crippen molar-refractivity contribution in [3.05, 3.63) is 47.7 Å². The number of anilines is 1. The quantitative estimate of drug-likeness (QED) is 0.104. The van der Waals surface area contributed by atoms with E-state index in [2.05, 4.69) is 31.2 Å². The van der Waals surface area contributed by atoms with Gasteiger partial charge in [-0.3, -0.25) is 14.4 Å². The first kappa shape index (κ1) is 31.1. The number of fused-ring (bicyclic) bond motifs is 1. The van der Waals surface area contributed by atoms with Crippen LogP contribution in [0.25, 0.3) is 0 Å². The Kier molecular flexibility index (Phi) is 11.8. The van der Waals surface area contributed by atoms with Crippen molar-refractivity contribution in [3.63, 3.8) is 0 Å². The van der Waals surface area contributed by atoms with Gasteiger partial charge in [0.05, 0.1) is 12.1 Å². The number of rotatable bonds is 17. The van der Waals surface area contributed by atoms with Crippen molar-refractivity contribution in [3.8, 4) is 5.88 Å². The molecule has 1 aromatic heterocycles. The number of urea groups is 1. The summed E-state index contributed by atoms with van der Waals surface area (Å²) in [6.45, 7) is 1.13. The highest BCUT2D eigenvalue weighted by Crippen LogP contribution is 2.33. The van der Waals surface area contributed by atoms with Crippen LogP contribution in [0.2, 0.25) is 0 Å². The number of benzene rings is 1. The number of carbonyl (C=O) groups is 4. The molecule has 2 aliphatic rings. The fourth-order valence-electron chi connectivity index (χ4n) is 4.92. The van der Waals surface area contributed by atoms with Crippen molar-refractivity contribution in [2.45, 2.75) is 81.9 Å². The SMILES string of the molecule is Nc1nccc(OCc2ccc(CNC(=O)C(=O)CCCCCNC(=O)CCCC[C@@H]3SC[C@@H]4NC(=O)N[C@@H]43)cc2)n1. The monoisotopic (exact) mass is 597 g/mol. The van der Waals surface area contributed by atoms with Crippen LogP contribution < -0.4 is 31.7 Å². The van der Waals surface area contributed by atoms with Gasteiger partial charge in [-0.15, -0.1) is 0 Å². The second-order valence-electron chi connectivity index (χ2n) is 10.5. The van der Waals surface area contributed by atoms with Crippen LogP contribution in [-0.4, -0.2) is 63.2 Å². The summed E-state index contributed by atoms with van der Waals surface area (Å²) >= 11 is 1.89. The number of nitrogens with one attached hydrogen (secondary N) is 4.